The molecule has 7 nitrogen and oxygen atoms in total. The lowest BCUT2D eigenvalue weighted by molar-refractivity contribution is -0.136. The van der Waals surface area contributed by atoms with E-state index in [0.717, 1.165) is 46.4 Å². The summed E-state index contributed by atoms with van der Waals surface area (Å²) in [5.74, 6) is 0.134. The number of benzene rings is 3. The number of amides is 3. The fourth-order valence-electron chi connectivity index (χ4n) is 4.41. The monoisotopic (exact) mass is 765 g/mol. The summed E-state index contributed by atoms with van der Waals surface area (Å²) >= 11 is 5.31. The maximum atomic E-state index is 13.1. The van der Waals surface area contributed by atoms with Crippen LogP contribution in [0.5, 0.6) is 5.75 Å². The normalized spacial score (nSPS) is 16.8. The minimum absolute atomic E-state index is 0.213. The molecule has 2 aliphatic heterocycles. The highest BCUT2D eigenvalue weighted by Crippen LogP contribution is 2.35. The lowest BCUT2D eigenvalue weighted by Crippen LogP contribution is -2.51. The molecule has 3 aromatic carbocycles. The first-order valence-corrected chi connectivity index (χ1v) is 15.4. The predicted molar refractivity (Wildman–Crippen MR) is 171 cm³/mol. The molecule has 0 bridgehead atoms. The van der Waals surface area contributed by atoms with Crippen LogP contribution in [0.2, 0.25) is 0 Å². The van der Waals surface area contributed by atoms with E-state index in [1.165, 1.54) is 0 Å². The zero-order chi connectivity index (χ0) is 27.4. The lowest BCUT2D eigenvalue weighted by Gasteiger charge is -2.36. The highest BCUT2D eigenvalue weighted by molar-refractivity contribution is 14.1. The number of anilines is 1. The third kappa shape index (κ3) is 6.77. The SMILES string of the molecule is O=C(CN1C(=O)S/C(=C/c2cc(I)c(OCc3ccccc3)c(I)c2)C1=O)N1CCN(c2ccccc2)CC1. The van der Waals surface area contributed by atoms with Crippen LogP contribution in [0.15, 0.2) is 77.7 Å². The van der Waals surface area contributed by atoms with Crippen molar-refractivity contribution in [2.75, 3.05) is 37.6 Å². The van der Waals surface area contributed by atoms with E-state index < -0.39 is 11.1 Å². The highest BCUT2D eigenvalue weighted by atomic mass is 127. The minimum Gasteiger partial charge on any atom is -0.487 e. The van der Waals surface area contributed by atoms with Crippen LogP contribution >= 0.6 is 56.9 Å². The van der Waals surface area contributed by atoms with Crippen LogP contribution in [-0.2, 0) is 16.2 Å². The van der Waals surface area contributed by atoms with Crippen LogP contribution in [0.25, 0.3) is 6.08 Å². The van der Waals surface area contributed by atoms with Gasteiger partial charge in [-0.25, -0.2) is 0 Å². The van der Waals surface area contributed by atoms with Gasteiger partial charge >= 0.3 is 0 Å². The molecule has 5 rings (SSSR count). The molecule has 2 saturated heterocycles. The first kappa shape index (κ1) is 28.0. The van der Waals surface area contributed by atoms with Crippen molar-refractivity contribution >= 4 is 85.8 Å². The molecule has 0 saturated carbocycles. The van der Waals surface area contributed by atoms with E-state index in [1.807, 2.05) is 60.7 Å². The third-order valence-electron chi connectivity index (χ3n) is 6.47. The van der Waals surface area contributed by atoms with Crippen molar-refractivity contribution in [3.63, 3.8) is 0 Å². The number of nitrogens with zero attached hydrogens (tertiary/aromatic N) is 3. The smallest absolute Gasteiger partial charge is 0.294 e. The van der Waals surface area contributed by atoms with Crippen molar-refractivity contribution in [3.05, 3.63) is 96.0 Å². The number of carbonyl (C=O) groups excluding carboxylic acids is 3. The summed E-state index contributed by atoms with van der Waals surface area (Å²) in [5.41, 5.74) is 3.00. The van der Waals surface area contributed by atoms with E-state index in [4.69, 9.17) is 4.74 Å². The van der Waals surface area contributed by atoms with Gasteiger partial charge in [0.05, 0.1) is 12.0 Å². The van der Waals surface area contributed by atoms with E-state index >= 15 is 0 Å². The minimum atomic E-state index is -0.435. The molecule has 2 aliphatic rings. The average molecular weight is 765 g/mol. The van der Waals surface area contributed by atoms with Crippen LogP contribution in [0, 0.1) is 7.14 Å². The molecular weight excluding hydrogens is 740 g/mol. The molecule has 0 unspecified atom stereocenters. The van der Waals surface area contributed by atoms with Crippen molar-refractivity contribution in [1.82, 2.24) is 9.80 Å². The lowest BCUT2D eigenvalue weighted by atomic mass is 10.2. The van der Waals surface area contributed by atoms with Gasteiger partial charge in [0.15, 0.2) is 0 Å². The fraction of sp³-hybridized carbons (Fsp3) is 0.207. The topological polar surface area (TPSA) is 70.2 Å². The van der Waals surface area contributed by atoms with Gasteiger partial charge in [0, 0.05) is 31.9 Å². The number of imide groups is 1. The van der Waals surface area contributed by atoms with Gasteiger partial charge in [-0.1, -0.05) is 48.5 Å². The molecule has 10 heteroatoms. The Balaban J connectivity index is 1.20. The number of thioether (sulfide) groups is 1. The molecule has 3 aromatic rings. The molecular formula is C29H25I2N3O4S. The molecule has 0 radical (unpaired) electrons. The van der Waals surface area contributed by atoms with E-state index in [2.05, 4.69) is 62.2 Å². The molecule has 200 valence electrons. The second-order valence-electron chi connectivity index (χ2n) is 9.06. The van der Waals surface area contributed by atoms with Crippen LogP contribution in [0.1, 0.15) is 11.1 Å². The summed E-state index contributed by atoms with van der Waals surface area (Å²) in [5, 5.41) is -0.422. The van der Waals surface area contributed by atoms with Crippen molar-refractivity contribution in [1.29, 1.82) is 0 Å². The summed E-state index contributed by atoms with van der Waals surface area (Å²) in [6.45, 7) is 2.74. The van der Waals surface area contributed by atoms with Gasteiger partial charge in [0.1, 0.15) is 18.9 Å². The van der Waals surface area contributed by atoms with Crippen molar-refractivity contribution in [3.8, 4) is 5.75 Å². The number of hydrogen-bond acceptors (Lipinski definition) is 6. The highest BCUT2D eigenvalue weighted by Gasteiger charge is 2.37. The number of piperazine rings is 1. The summed E-state index contributed by atoms with van der Waals surface area (Å²) in [6, 6.07) is 23.9. The molecule has 0 atom stereocenters. The van der Waals surface area contributed by atoms with Crippen molar-refractivity contribution in [2.45, 2.75) is 6.61 Å². The van der Waals surface area contributed by atoms with Gasteiger partial charge in [0.25, 0.3) is 11.1 Å². The average Bonchev–Trinajstić information content (AvgIpc) is 3.21. The Kier molecular flexibility index (Phi) is 9.13. The largest absolute Gasteiger partial charge is 0.487 e. The predicted octanol–water partition coefficient (Wildman–Crippen LogP) is 5.86. The Bertz CT molecular complexity index is 1390. The van der Waals surface area contributed by atoms with Gasteiger partial charge in [0.2, 0.25) is 5.91 Å². The molecule has 0 aromatic heterocycles. The van der Waals surface area contributed by atoms with Gasteiger partial charge in [-0.3, -0.25) is 19.3 Å². The van der Waals surface area contributed by atoms with E-state index in [0.29, 0.717) is 37.7 Å². The third-order valence-corrected chi connectivity index (χ3v) is 8.98. The molecule has 2 heterocycles. The Morgan fingerprint density at radius 1 is 0.897 bits per heavy atom. The Labute approximate surface area is 258 Å². The molecule has 0 spiro atoms. The molecule has 2 fully saturated rings. The first-order valence-electron chi connectivity index (χ1n) is 12.4. The Morgan fingerprint density at radius 2 is 1.51 bits per heavy atom. The second kappa shape index (κ2) is 12.7. The van der Waals surface area contributed by atoms with Gasteiger partial charge in [-0.15, -0.1) is 0 Å². The summed E-state index contributed by atoms with van der Waals surface area (Å²) in [4.78, 5) is 44.0. The maximum absolute atomic E-state index is 13.1. The second-order valence-corrected chi connectivity index (χ2v) is 12.4. The fourth-order valence-corrected chi connectivity index (χ4v) is 7.37. The number of para-hydroxylation sites is 1. The quantitative estimate of drug-likeness (QED) is 0.222. The van der Waals surface area contributed by atoms with Crippen molar-refractivity contribution in [2.24, 2.45) is 0 Å². The summed E-state index contributed by atoms with van der Waals surface area (Å²) in [7, 11) is 0. The van der Waals surface area contributed by atoms with Gasteiger partial charge < -0.3 is 14.5 Å². The molecule has 39 heavy (non-hydrogen) atoms. The van der Waals surface area contributed by atoms with Crippen LogP contribution in [0.4, 0.5) is 10.5 Å². The first-order chi connectivity index (χ1) is 18.9. The molecule has 3 amide bonds. The molecule has 0 aliphatic carbocycles. The zero-order valence-corrected chi connectivity index (χ0v) is 26.0. The van der Waals surface area contributed by atoms with E-state index in [-0.39, 0.29) is 12.5 Å². The van der Waals surface area contributed by atoms with Crippen LogP contribution < -0.4 is 9.64 Å². The number of rotatable bonds is 7. The Hall–Kier alpha value is -2.58. The standard InChI is InChI=1S/C29H25I2N3O4S/c30-23-15-21(16-24(31)27(23)38-19-20-7-3-1-4-8-20)17-25-28(36)34(29(37)39-25)18-26(35)33-13-11-32(12-14-33)22-9-5-2-6-10-22/h1-10,15-17H,11-14,18-19H2/b25-17+. The summed E-state index contributed by atoms with van der Waals surface area (Å²) < 4.78 is 7.87. The number of carbonyl (C=O) groups is 3. The zero-order valence-electron chi connectivity index (χ0n) is 20.9. The number of ether oxygens (including phenoxy) is 1. The Morgan fingerprint density at radius 3 is 2.15 bits per heavy atom. The maximum Gasteiger partial charge on any atom is 0.294 e. The van der Waals surface area contributed by atoms with Crippen LogP contribution in [0.3, 0.4) is 0 Å². The number of hydrogen-bond donors (Lipinski definition) is 0. The van der Waals surface area contributed by atoms with Crippen LogP contribution in [-0.4, -0.2) is 59.6 Å². The number of halogens is 2. The van der Waals surface area contributed by atoms with E-state index in [1.54, 1.807) is 11.0 Å². The summed E-state index contributed by atoms with van der Waals surface area (Å²) in [6.07, 6.45) is 1.71. The van der Waals surface area contributed by atoms with Gasteiger partial charge in [-0.05, 0) is 98.4 Å². The van der Waals surface area contributed by atoms with Crippen molar-refractivity contribution < 1.29 is 19.1 Å². The van der Waals surface area contributed by atoms with E-state index in [9.17, 15) is 14.4 Å². The van der Waals surface area contributed by atoms with Gasteiger partial charge in [-0.2, -0.15) is 0 Å². The molecule has 0 N–H and O–H groups in total.